The van der Waals surface area contributed by atoms with Gasteiger partial charge >= 0.3 is 12.1 Å². The first-order valence-corrected chi connectivity index (χ1v) is 6.15. The normalized spacial score (nSPS) is 25.6. The molecule has 1 aliphatic carbocycles. The van der Waals surface area contributed by atoms with Crippen LogP contribution in [0, 0.1) is 11.8 Å². The van der Waals surface area contributed by atoms with Gasteiger partial charge in [-0.2, -0.15) is 13.2 Å². The van der Waals surface area contributed by atoms with Crippen molar-refractivity contribution in [2.24, 2.45) is 11.8 Å². The number of carbonyl (C=O) groups is 1. The molecular formula is C12H19F3O2. The second-order valence-electron chi connectivity index (χ2n) is 4.62. The van der Waals surface area contributed by atoms with E-state index in [-0.39, 0.29) is 24.2 Å². The van der Waals surface area contributed by atoms with Crippen LogP contribution in [0.5, 0.6) is 0 Å². The number of alkyl halides is 3. The van der Waals surface area contributed by atoms with Gasteiger partial charge in [0.1, 0.15) is 0 Å². The molecule has 1 fully saturated rings. The molecule has 1 rings (SSSR count). The average molecular weight is 252 g/mol. The van der Waals surface area contributed by atoms with Crippen molar-refractivity contribution in [3.05, 3.63) is 0 Å². The Hall–Kier alpha value is -0.740. The summed E-state index contributed by atoms with van der Waals surface area (Å²) >= 11 is 0. The summed E-state index contributed by atoms with van der Waals surface area (Å²) in [5.41, 5.74) is 0. The maximum Gasteiger partial charge on any atom is 0.389 e. The number of hydrogen-bond acceptors (Lipinski definition) is 2. The Labute approximate surface area is 99.5 Å². The van der Waals surface area contributed by atoms with E-state index in [9.17, 15) is 18.0 Å². The Morgan fingerprint density at radius 1 is 1.24 bits per heavy atom. The molecule has 0 radical (unpaired) electrons. The standard InChI is InChI=1S/C12H19F3O2/c1-2-17-11(16)10-5-3-9(4-6-10)7-8-12(13,14)15/h9-10H,2-8H2,1H3. The molecule has 5 heteroatoms. The third kappa shape index (κ3) is 5.41. The first kappa shape index (κ1) is 14.3. The summed E-state index contributed by atoms with van der Waals surface area (Å²) in [6.45, 7) is 2.12. The Kier molecular flexibility index (Phi) is 5.28. The maximum atomic E-state index is 12.0. The molecule has 0 saturated heterocycles. The lowest BCUT2D eigenvalue weighted by atomic mass is 9.80. The summed E-state index contributed by atoms with van der Waals surface area (Å²) in [5.74, 6) is -0.179. The smallest absolute Gasteiger partial charge is 0.389 e. The summed E-state index contributed by atoms with van der Waals surface area (Å²) in [4.78, 5) is 11.4. The van der Waals surface area contributed by atoms with Crippen LogP contribution in [-0.4, -0.2) is 18.8 Å². The SMILES string of the molecule is CCOC(=O)C1CCC(CCC(F)(F)F)CC1. The molecule has 0 N–H and O–H groups in total. The van der Waals surface area contributed by atoms with Gasteiger partial charge in [0.25, 0.3) is 0 Å². The molecular weight excluding hydrogens is 233 g/mol. The lowest BCUT2D eigenvalue weighted by molar-refractivity contribution is -0.150. The van der Waals surface area contributed by atoms with Gasteiger partial charge in [-0.25, -0.2) is 0 Å². The van der Waals surface area contributed by atoms with E-state index in [1.54, 1.807) is 6.92 Å². The van der Waals surface area contributed by atoms with Crippen LogP contribution in [0.15, 0.2) is 0 Å². The van der Waals surface area contributed by atoms with E-state index in [2.05, 4.69) is 0 Å². The van der Waals surface area contributed by atoms with Gasteiger partial charge in [0.2, 0.25) is 0 Å². The molecule has 0 aromatic heterocycles. The highest BCUT2D eigenvalue weighted by atomic mass is 19.4. The van der Waals surface area contributed by atoms with Crippen molar-refractivity contribution in [3.8, 4) is 0 Å². The van der Waals surface area contributed by atoms with Crippen LogP contribution in [0.4, 0.5) is 13.2 Å². The maximum absolute atomic E-state index is 12.0. The number of halogens is 3. The molecule has 0 unspecified atom stereocenters. The van der Waals surface area contributed by atoms with Crippen LogP contribution in [0.3, 0.4) is 0 Å². The first-order valence-electron chi connectivity index (χ1n) is 6.15. The van der Waals surface area contributed by atoms with Gasteiger partial charge in [0.15, 0.2) is 0 Å². The molecule has 0 aromatic rings. The van der Waals surface area contributed by atoms with Gasteiger partial charge < -0.3 is 4.74 Å². The average Bonchev–Trinajstić information content (AvgIpc) is 2.26. The lowest BCUT2D eigenvalue weighted by Crippen LogP contribution is -2.24. The molecule has 0 amide bonds. The molecule has 0 heterocycles. The predicted octanol–water partition coefficient (Wildman–Crippen LogP) is 3.70. The minimum absolute atomic E-state index is 0.0999. The zero-order chi connectivity index (χ0) is 12.9. The van der Waals surface area contributed by atoms with E-state index in [1.807, 2.05) is 0 Å². The molecule has 0 spiro atoms. The Morgan fingerprint density at radius 2 is 1.82 bits per heavy atom. The van der Waals surface area contributed by atoms with E-state index in [0.29, 0.717) is 32.3 Å². The van der Waals surface area contributed by atoms with Gasteiger partial charge in [-0.05, 0) is 44.9 Å². The molecule has 0 aliphatic heterocycles. The van der Waals surface area contributed by atoms with Gasteiger partial charge in [0.05, 0.1) is 12.5 Å². The van der Waals surface area contributed by atoms with Crippen molar-refractivity contribution in [1.29, 1.82) is 0 Å². The van der Waals surface area contributed by atoms with Gasteiger partial charge in [-0.3, -0.25) is 4.79 Å². The van der Waals surface area contributed by atoms with Crippen LogP contribution in [0.25, 0.3) is 0 Å². The van der Waals surface area contributed by atoms with Crippen molar-refractivity contribution in [3.63, 3.8) is 0 Å². The number of ether oxygens (including phenoxy) is 1. The minimum Gasteiger partial charge on any atom is -0.466 e. The van der Waals surface area contributed by atoms with Gasteiger partial charge in [0, 0.05) is 6.42 Å². The molecule has 17 heavy (non-hydrogen) atoms. The fourth-order valence-electron chi connectivity index (χ4n) is 2.31. The zero-order valence-electron chi connectivity index (χ0n) is 10.1. The highest BCUT2D eigenvalue weighted by molar-refractivity contribution is 5.72. The van der Waals surface area contributed by atoms with Crippen molar-refractivity contribution in [2.75, 3.05) is 6.61 Å². The topological polar surface area (TPSA) is 26.3 Å². The molecule has 0 bridgehead atoms. The van der Waals surface area contributed by atoms with E-state index in [1.165, 1.54) is 0 Å². The molecule has 1 aliphatic rings. The summed E-state index contributed by atoms with van der Waals surface area (Å²) in [5, 5.41) is 0. The summed E-state index contributed by atoms with van der Waals surface area (Å²) in [7, 11) is 0. The second kappa shape index (κ2) is 6.26. The molecule has 0 aromatic carbocycles. The summed E-state index contributed by atoms with van der Waals surface area (Å²) in [6, 6.07) is 0. The summed E-state index contributed by atoms with van der Waals surface area (Å²) < 4.78 is 41.0. The monoisotopic (exact) mass is 252 g/mol. The fourth-order valence-corrected chi connectivity index (χ4v) is 2.31. The molecule has 2 nitrogen and oxygen atoms in total. The van der Waals surface area contributed by atoms with Crippen LogP contribution < -0.4 is 0 Å². The van der Waals surface area contributed by atoms with Crippen molar-refractivity contribution < 1.29 is 22.7 Å². The van der Waals surface area contributed by atoms with E-state index < -0.39 is 12.6 Å². The third-order valence-corrected chi connectivity index (χ3v) is 3.30. The van der Waals surface area contributed by atoms with Crippen LogP contribution >= 0.6 is 0 Å². The first-order chi connectivity index (χ1) is 7.92. The van der Waals surface area contributed by atoms with E-state index in [0.717, 1.165) is 0 Å². The highest BCUT2D eigenvalue weighted by Crippen LogP contribution is 2.34. The van der Waals surface area contributed by atoms with E-state index in [4.69, 9.17) is 4.74 Å². The quantitative estimate of drug-likeness (QED) is 0.713. The van der Waals surface area contributed by atoms with Gasteiger partial charge in [-0.1, -0.05) is 0 Å². The number of carbonyl (C=O) groups excluding carboxylic acids is 1. The van der Waals surface area contributed by atoms with Crippen molar-refractivity contribution in [1.82, 2.24) is 0 Å². The van der Waals surface area contributed by atoms with Gasteiger partial charge in [-0.15, -0.1) is 0 Å². The van der Waals surface area contributed by atoms with Crippen LogP contribution in [0.2, 0.25) is 0 Å². The highest BCUT2D eigenvalue weighted by Gasteiger charge is 2.31. The number of rotatable bonds is 4. The van der Waals surface area contributed by atoms with E-state index >= 15 is 0 Å². The van der Waals surface area contributed by atoms with Crippen molar-refractivity contribution >= 4 is 5.97 Å². The minimum atomic E-state index is -4.06. The largest absolute Gasteiger partial charge is 0.466 e. The zero-order valence-corrected chi connectivity index (χ0v) is 10.1. The third-order valence-electron chi connectivity index (χ3n) is 3.30. The number of hydrogen-bond donors (Lipinski definition) is 0. The second-order valence-corrected chi connectivity index (χ2v) is 4.62. The lowest BCUT2D eigenvalue weighted by Gasteiger charge is -2.27. The molecule has 1 saturated carbocycles. The Bertz CT molecular complexity index is 243. The fraction of sp³-hybridized carbons (Fsp3) is 0.917. The van der Waals surface area contributed by atoms with Crippen LogP contribution in [0.1, 0.15) is 45.4 Å². The number of esters is 1. The predicted molar refractivity (Wildman–Crippen MR) is 57.4 cm³/mol. The molecule has 100 valence electrons. The summed E-state index contributed by atoms with van der Waals surface area (Å²) in [6.07, 6.45) is -1.82. The Morgan fingerprint density at radius 3 is 2.29 bits per heavy atom. The Balaban J connectivity index is 2.24. The van der Waals surface area contributed by atoms with Crippen LogP contribution in [-0.2, 0) is 9.53 Å². The molecule has 0 atom stereocenters. The van der Waals surface area contributed by atoms with Crippen molar-refractivity contribution in [2.45, 2.75) is 51.6 Å².